The molecule has 10 aromatic heterocycles. The number of anilines is 3. The number of rotatable bonds is 19. The van der Waals surface area contributed by atoms with Gasteiger partial charge in [0, 0.05) is 46.4 Å². The minimum absolute atomic E-state index is 0.173. The smallest absolute Gasteiger partial charge is 0.267 e. The second-order valence-corrected chi connectivity index (χ2v) is 21.5. The predicted molar refractivity (Wildman–Crippen MR) is 328 cm³/mol. The first-order valence-electron chi connectivity index (χ1n) is 26.2. The van der Waals surface area contributed by atoms with Crippen molar-refractivity contribution in [3.05, 3.63) is 161 Å². The van der Waals surface area contributed by atoms with Crippen LogP contribution in [0.4, 0.5) is 21.8 Å². The number of amides is 3. The molecule has 0 unspecified atom stereocenters. The van der Waals surface area contributed by atoms with Crippen LogP contribution in [0.2, 0.25) is 0 Å². The van der Waals surface area contributed by atoms with E-state index >= 15 is 0 Å². The van der Waals surface area contributed by atoms with Gasteiger partial charge in [-0.1, -0.05) is 6.07 Å². The van der Waals surface area contributed by atoms with Crippen LogP contribution in [-0.4, -0.2) is 120 Å². The number of thiophene rings is 1. The minimum atomic E-state index is -0.481. The Hall–Kier alpha value is -10.6. The minimum Gasteiger partial charge on any atom is -0.497 e. The van der Waals surface area contributed by atoms with Gasteiger partial charge in [0.2, 0.25) is 17.6 Å². The molecule has 25 nitrogen and oxygen atoms in total. The van der Waals surface area contributed by atoms with Crippen LogP contribution in [0.5, 0.6) is 23.4 Å². The van der Waals surface area contributed by atoms with E-state index in [9.17, 15) is 18.8 Å². The molecule has 0 fully saturated rings. The van der Waals surface area contributed by atoms with Crippen molar-refractivity contribution in [1.82, 2.24) is 75.4 Å². The summed E-state index contributed by atoms with van der Waals surface area (Å²) < 4.78 is 35.4. The lowest BCUT2D eigenvalue weighted by atomic mass is 10.2. The van der Waals surface area contributed by atoms with Crippen molar-refractivity contribution in [2.24, 2.45) is 0 Å². The summed E-state index contributed by atoms with van der Waals surface area (Å²) in [6.45, 7) is 8.99. The van der Waals surface area contributed by atoms with E-state index in [1.54, 1.807) is 74.2 Å². The Labute approximate surface area is 510 Å². The van der Waals surface area contributed by atoms with Gasteiger partial charge in [-0.3, -0.25) is 29.7 Å². The van der Waals surface area contributed by atoms with Gasteiger partial charge in [0.25, 0.3) is 17.7 Å². The van der Waals surface area contributed by atoms with Gasteiger partial charge in [0.1, 0.15) is 77.7 Å². The van der Waals surface area contributed by atoms with Crippen molar-refractivity contribution < 1.29 is 37.7 Å². The van der Waals surface area contributed by atoms with Crippen molar-refractivity contribution >= 4 is 80.5 Å². The Bertz CT molecular complexity index is 4250. The van der Waals surface area contributed by atoms with Gasteiger partial charge < -0.3 is 34.9 Å². The molecule has 3 amide bonds. The summed E-state index contributed by atoms with van der Waals surface area (Å²) in [6, 6.07) is 24.9. The normalized spacial score (nSPS) is 10.7. The van der Waals surface area contributed by atoms with E-state index in [0.29, 0.717) is 98.6 Å². The van der Waals surface area contributed by atoms with Gasteiger partial charge in [-0.15, -0.1) is 45.3 Å². The molecule has 0 aliphatic carbocycles. The lowest BCUT2D eigenvalue weighted by Crippen LogP contribution is -2.13. The number of aromatic nitrogens is 15. The van der Waals surface area contributed by atoms with Gasteiger partial charge >= 0.3 is 0 Å². The largest absolute Gasteiger partial charge is 0.497 e. The molecule has 10 heterocycles. The lowest BCUT2D eigenvalue weighted by molar-refractivity contribution is 0.101. The third-order valence-corrected chi connectivity index (χ3v) is 16.1. The lowest BCUT2D eigenvalue weighted by Gasteiger charge is -2.06. The Morgan fingerprint density at radius 2 is 0.943 bits per heavy atom. The van der Waals surface area contributed by atoms with Gasteiger partial charge in [-0.25, -0.2) is 49.2 Å². The van der Waals surface area contributed by atoms with Gasteiger partial charge in [-0.05, 0) is 124 Å². The number of hydrogen-bond donors (Lipinski definition) is 6. The number of carbonyl (C=O) groups is 3. The van der Waals surface area contributed by atoms with E-state index < -0.39 is 11.7 Å². The fraction of sp³-hybridized carbons (Fsp3) is 0.140. The van der Waals surface area contributed by atoms with Gasteiger partial charge in [-0.2, -0.15) is 15.3 Å². The molecule has 2 aromatic carbocycles. The summed E-state index contributed by atoms with van der Waals surface area (Å²) in [4.78, 5) is 79.1. The molecule has 12 aromatic rings. The molecule has 0 radical (unpaired) electrons. The van der Waals surface area contributed by atoms with Crippen LogP contribution in [0, 0.1) is 12.7 Å². The second-order valence-electron chi connectivity index (χ2n) is 17.6. The number of aromatic amines is 3. The van der Waals surface area contributed by atoms with E-state index in [1.807, 2.05) is 51.3 Å². The number of nitrogens with zero attached hydrogens (tertiary/aromatic N) is 12. The number of pyridine rings is 3. The van der Waals surface area contributed by atoms with Crippen LogP contribution in [0.3, 0.4) is 0 Å². The van der Waals surface area contributed by atoms with Crippen molar-refractivity contribution in [3.63, 3.8) is 0 Å². The molecule has 0 saturated heterocycles. The number of hydrogen-bond acceptors (Lipinski definition) is 23. The number of thiazole rings is 3. The molecule has 30 heteroatoms. The van der Waals surface area contributed by atoms with E-state index in [0.717, 1.165) is 48.0 Å². The number of aryl methyl sites for hydroxylation is 1. The molecule has 12 rings (SSSR count). The SMILES string of the molecule is CCOc1nc(-c2ccnc(NC(=O)c3ccc(OC)cc3)c2)sc1-c1ncn[nH]1.CCOc1nc(-c2ccnc(NC(=O)c3cccc(F)c3)c2)sc1-c1ncn[nH]1.CCOc1nc(-c2ccnc(NC(=O)c3sccc3C)c2)sc1-c1ncn[nH]1. The summed E-state index contributed by atoms with van der Waals surface area (Å²) in [5.74, 6) is 3.69. The average Bonchev–Trinajstić information content (AvgIpc) is 2.90. The Kier molecular flexibility index (Phi) is 19.4. The predicted octanol–water partition coefficient (Wildman–Crippen LogP) is 11.4. The van der Waals surface area contributed by atoms with Crippen molar-refractivity contribution in [2.45, 2.75) is 27.7 Å². The van der Waals surface area contributed by atoms with Gasteiger partial charge in [0.15, 0.2) is 17.5 Å². The van der Waals surface area contributed by atoms with Crippen LogP contribution >= 0.6 is 45.3 Å². The fourth-order valence-electron chi connectivity index (χ4n) is 7.81. The third-order valence-electron chi connectivity index (χ3n) is 11.8. The molecule has 0 atom stereocenters. The molecule has 0 bridgehead atoms. The summed E-state index contributed by atoms with van der Waals surface area (Å²) >= 11 is 5.62. The highest BCUT2D eigenvalue weighted by atomic mass is 32.1. The van der Waals surface area contributed by atoms with Crippen LogP contribution < -0.4 is 34.9 Å². The summed E-state index contributed by atoms with van der Waals surface area (Å²) in [7, 11) is 1.58. The number of carbonyl (C=O) groups excluding carboxylic acids is 3. The highest BCUT2D eigenvalue weighted by molar-refractivity contribution is 7.19. The maximum Gasteiger partial charge on any atom is 0.267 e. The maximum atomic E-state index is 13.3. The van der Waals surface area contributed by atoms with Crippen LogP contribution in [0.1, 0.15) is 56.7 Å². The topological polar surface area (TPSA) is 326 Å². The first kappa shape index (κ1) is 59.6. The number of H-pyrrole nitrogens is 3. The van der Waals surface area contributed by atoms with Gasteiger partial charge in [0.05, 0.1) is 31.8 Å². The number of ether oxygens (including phenoxy) is 4. The van der Waals surface area contributed by atoms with E-state index in [1.165, 1.54) is 82.5 Å². The Morgan fingerprint density at radius 1 is 0.517 bits per heavy atom. The van der Waals surface area contributed by atoms with Crippen LogP contribution in [-0.2, 0) is 0 Å². The first-order chi connectivity index (χ1) is 42.5. The van der Waals surface area contributed by atoms with Crippen molar-refractivity contribution in [3.8, 4) is 87.2 Å². The van der Waals surface area contributed by atoms with Crippen molar-refractivity contribution in [2.75, 3.05) is 42.9 Å². The van der Waals surface area contributed by atoms with Crippen molar-refractivity contribution in [1.29, 1.82) is 0 Å². The second kappa shape index (κ2) is 28.3. The van der Waals surface area contributed by atoms with Crippen LogP contribution in [0.15, 0.2) is 134 Å². The van der Waals surface area contributed by atoms with Crippen LogP contribution in [0.25, 0.3) is 63.8 Å². The molecule has 0 aliphatic rings. The fourth-order valence-corrected chi connectivity index (χ4v) is 11.5. The maximum absolute atomic E-state index is 13.3. The molecule has 87 heavy (non-hydrogen) atoms. The Morgan fingerprint density at radius 3 is 1.31 bits per heavy atom. The summed E-state index contributed by atoms with van der Waals surface area (Å²) in [6.07, 6.45) is 9.11. The third kappa shape index (κ3) is 14.9. The van der Waals surface area contributed by atoms with E-state index in [2.05, 4.69) is 91.4 Å². The Balaban J connectivity index is 0.000000145. The average molecular weight is 1250 g/mol. The highest BCUT2D eigenvalue weighted by Gasteiger charge is 2.22. The highest BCUT2D eigenvalue weighted by Crippen LogP contribution is 2.41. The van der Waals surface area contributed by atoms with E-state index in [-0.39, 0.29) is 17.4 Å². The number of nitrogens with one attached hydrogen (secondary N) is 6. The molecular formula is C57H49FN18O7S4. The first-order valence-corrected chi connectivity index (χ1v) is 29.5. The zero-order valence-corrected chi connectivity index (χ0v) is 49.8. The molecule has 0 aliphatic heterocycles. The molecular weight excluding hydrogens is 1200 g/mol. The number of methoxy groups -OCH3 is 1. The molecule has 6 N–H and O–H groups in total. The number of halogens is 1. The molecule has 0 saturated carbocycles. The van der Waals surface area contributed by atoms with E-state index in [4.69, 9.17) is 18.9 Å². The molecule has 0 spiro atoms. The zero-order valence-electron chi connectivity index (χ0n) is 46.6. The summed E-state index contributed by atoms with van der Waals surface area (Å²) in [5.41, 5.74) is 4.01. The number of benzene rings is 2. The standard InChI is InChI=1S/C20H18N6O3S.C19H15FN6O2S.C18H16N6O2S2/c1-3-29-19-16(17-22-11-23-26-17)30-20(25-19)13-8-9-21-15(10-13)24-18(27)12-4-6-14(28-2)7-5-12;1-2-28-18-15(16-22-10-23-26-16)29-19(25-18)12-6-7-21-14(9-12)24-17(27)11-4-3-5-13(20)8-11;1-3-26-17-14(15-20-9-21-24-15)28-18(23-17)11-4-6-19-12(8-11)22-16(25)13-10(2)5-7-27-13/h4-11H,3H2,1-2H3,(H,21,24,27)(H,22,23,26);3-10H,2H2,1H3,(H,21,24,27)(H,22,23,26);4-9H,3H2,1-2H3,(H,19,22,25)(H,20,21,24). The monoisotopic (exact) mass is 1240 g/mol. The zero-order chi connectivity index (χ0) is 60.7. The summed E-state index contributed by atoms with van der Waals surface area (Å²) in [5, 5.41) is 32.5. The quantitative estimate of drug-likeness (QED) is 0.0438. The molecule has 440 valence electrons.